The first-order valence-corrected chi connectivity index (χ1v) is 8.10. The van der Waals surface area contributed by atoms with Crippen LogP contribution in [0.15, 0.2) is 30.5 Å². The maximum atomic E-state index is 12.3. The fraction of sp³-hybridized carbons (Fsp3) is 0.263. The van der Waals surface area contributed by atoms with Crippen molar-refractivity contribution in [2.45, 2.75) is 19.8 Å². The molecule has 7 nitrogen and oxygen atoms in total. The summed E-state index contributed by atoms with van der Waals surface area (Å²) in [5, 5.41) is 2.74. The molecule has 26 heavy (non-hydrogen) atoms. The third-order valence-corrected chi connectivity index (χ3v) is 4.45. The number of amides is 1. The lowest BCUT2D eigenvalue weighted by Crippen LogP contribution is -2.16. The molecule has 134 valence electrons. The Morgan fingerprint density at radius 3 is 2.58 bits per heavy atom. The van der Waals surface area contributed by atoms with E-state index < -0.39 is 12.6 Å². The van der Waals surface area contributed by atoms with Gasteiger partial charge in [-0.1, -0.05) is 0 Å². The van der Waals surface area contributed by atoms with Crippen LogP contribution in [0.3, 0.4) is 0 Å². The Morgan fingerprint density at radius 1 is 1.19 bits per heavy atom. The van der Waals surface area contributed by atoms with Crippen molar-refractivity contribution in [2.24, 2.45) is 7.05 Å². The number of carbonyl (C=O) groups excluding carboxylic acids is 4. The van der Waals surface area contributed by atoms with Crippen molar-refractivity contribution in [2.75, 3.05) is 11.9 Å². The van der Waals surface area contributed by atoms with Crippen LogP contribution in [0.2, 0.25) is 0 Å². The van der Waals surface area contributed by atoms with E-state index in [0.717, 1.165) is 5.56 Å². The van der Waals surface area contributed by atoms with Gasteiger partial charge in [0, 0.05) is 30.1 Å². The number of fused-ring (bicyclic) bond motifs is 1. The Kier molecular flexibility index (Phi) is 4.46. The zero-order valence-electron chi connectivity index (χ0n) is 14.7. The van der Waals surface area contributed by atoms with Crippen molar-refractivity contribution < 1.29 is 23.9 Å². The Hall–Kier alpha value is -3.22. The standard InChI is InChI=1S/C19H18N2O5/c1-10-14-6-12(4-5-15(14)20-18(10)24)17(23)9-26-19(25)16-7-13(11(2)22)8-21(16)3/h4-8,10H,9H2,1-3H3,(H,20,24)/t10-/m1/s1. The number of hydrogen-bond donors (Lipinski definition) is 1. The van der Waals surface area contributed by atoms with Crippen LogP contribution in [0.1, 0.15) is 56.5 Å². The van der Waals surface area contributed by atoms with Crippen LogP contribution < -0.4 is 5.32 Å². The molecule has 1 aromatic carbocycles. The highest BCUT2D eigenvalue weighted by Crippen LogP contribution is 2.32. The second-order valence-electron chi connectivity index (χ2n) is 6.29. The molecule has 0 spiro atoms. The van der Waals surface area contributed by atoms with Crippen molar-refractivity contribution >= 4 is 29.1 Å². The Bertz CT molecular complexity index is 941. The summed E-state index contributed by atoms with van der Waals surface area (Å²) in [6, 6.07) is 6.33. The zero-order valence-corrected chi connectivity index (χ0v) is 14.7. The van der Waals surface area contributed by atoms with Gasteiger partial charge in [0.25, 0.3) is 0 Å². The van der Waals surface area contributed by atoms with Gasteiger partial charge >= 0.3 is 5.97 Å². The van der Waals surface area contributed by atoms with Gasteiger partial charge in [-0.2, -0.15) is 0 Å². The van der Waals surface area contributed by atoms with E-state index in [-0.39, 0.29) is 29.1 Å². The number of hydrogen-bond acceptors (Lipinski definition) is 5. The normalized spacial score (nSPS) is 15.3. The molecule has 0 saturated heterocycles. The minimum Gasteiger partial charge on any atom is -0.453 e. The van der Waals surface area contributed by atoms with Crippen LogP contribution in [-0.4, -0.2) is 34.6 Å². The average Bonchev–Trinajstić information content (AvgIpc) is 3.13. The van der Waals surface area contributed by atoms with E-state index in [4.69, 9.17) is 4.74 Å². The number of rotatable bonds is 5. The van der Waals surface area contributed by atoms with Gasteiger partial charge in [-0.3, -0.25) is 14.4 Å². The van der Waals surface area contributed by atoms with Gasteiger partial charge < -0.3 is 14.6 Å². The molecular formula is C19H18N2O5. The summed E-state index contributed by atoms with van der Waals surface area (Å²) in [7, 11) is 1.62. The van der Waals surface area contributed by atoms with Crippen LogP contribution in [0.25, 0.3) is 0 Å². The van der Waals surface area contributed by atoms with Gasteiger partial charge in [0.05, 0.1) is 5.92 Å². The quantitative estimate of drug-likeness (QED) is 0.657. The molecule has 1 aliphatic heterocycles. The number of anilines is 1. The Balaban J connectivity index is 1.69. The predicted molar refractivity (Wildman–Crippen MR) is 93.5 cm³/mol. The SMILES string of the molecule is CC(=O)c1cc(C(=O)OCC(=O)c2ccc3c(c2)[C@@H](C)C(=O)N3)n(C)c1. The number of nitrogens with zero attached hydrogens (tertiary/aromatic N) is 1. The molecule has 3 rings (SSSR count). The molecule has 0 fully saturated rings. The number of aromatic nitrogens is 1. The molecule has 0 aliphatic carbocycles. The molecule has 1 N–H and O–H groups in total. The van der Waals surface area contributed by atoms with Gasteiger partial charge in [0.1, 0.15) is 5.69 Å². The van der Waals surface area contributed by atoms with E-state index in [2.05, 4.69) is 5.32 Å². The zero-order chi connectivity index (χ0) is 19.0. The van der Waals surface area contributed by atoms with Crippen LogP contribution in [0.4, 0.5) is 5.69 Å². The minimum atomic E-state index is -0.681. The highest BCUT2D eigenvalue weighted by Gasteiger charge is 2.27. The predicted octanol–water partition coefficient (Wildman–Crippen LogP) is 2.32. The van der Waals surface area contributed by atoms with E-state index in [0.29, 0.717) is 16.8 Å². The maximum Gasteiger partial charge on any atom is 0.355 e. The maximum absolute atomic E-state index is 12.3. The highest BCUT2D eigenvalue weighted by atomic mass is 16.5. The van der Waals surface area contributed by atoms with Crippen molar-refractivity contribution in [3.63, 3.8) is 0 Å². The molecule has 0 radical (unpaired) electrons. The average molecular weight is 354 g/mol. The summed E-state index contributed by atoms with van der Waals surface area (Å²) in [6.07, 6.45) is 1.53. The monoisotopic (exact) mass is 354 g/mol. The first-order valence-electron chi connectivity index (χ1n) is 8.10. The number of nitrogens with one attached hydrogen (secondary N) is 1. The van der Waals surface area contributed by atoms with Crippen LogP contribution in [0.5, 0.6) is 0 Å². The van der Waals surface area contributed by atoms with Gasteiger partial charge in [0.2, 0.25) is 5.91 Å². The molecular weight excluding hydrogens is 336 g/mol. The van der Waals surface area contributed by atoms with E-state index in [1.807, 2.05) is 0 Å². The second-order valence-corrected chi connectivity index (χ2v) is 6.29. The second kappa shape index (κ2) is 6.59. The highest BCUT2D eigenvalue weighted by molar-refractivity contribution is 6.05. The van der Waals surface area contributed by atoms with Crippen LogP contribution in [-0.2, 0) is 16.6 Å². The fourth-order valence-corrected chi connectivity index (χ4v) is 2.84. The van der Waals surface area contributed by atoms with E-state index in [1.165, 1.54) is 23.8 Å². The number of carbonyl (C=O) groups is 4. The Labute approximate surface area is 149 Å². The molecule has 1 aromatic heterocycles. The van der Waals surface area contributed by atoms with Gasteiger partial charge in [-0.15, -0.1) is 0 Å². The van der Waals surface area contributed by atoms with E-state index >= 15 is 0 Å². The smallest absolute Gasteiger partial charge is 0.355 e. The van der Waals surface area contributed by atoms with Crippen molar-refractivity contribution in [3.05, 3.63) is 52.8 Å². The largest absolute Gasteiger partial charge is 0.453 e. The molecule has 0 bridgehead atoms. The molecule has 1 atom stereocenters. The van der Waals surface area contributed by atoms with E-state index in [1.54, 1.807) is 32.2 Å². The third-order valence-electron chi connectivity index (χ3n) is 4.45. The van der Waals surface area contributed by atoms with Crippen molar-refractivity contribution in [3.8, 4) is 0 Å². The van der Waals surface area contributed by atoms with E-state index in [9.17, 15) is 19.2 Å². The number of ether oxygens (including phenoxy) is 1. The number of benzene rings is 1. The lowest BCUT2D eigenvalue weighted by molar-refractivity contribution is -0.116. The summed E-state index contributed by atoms with van der Waals surface area (Å²) >= 11 is 0. The summed E-state index contributed by atoms with van der Waals surface area (Å²) < 4.78 is 6.57. The summed E-state index contributed by atoms with van der Waals surface area (Å²) in [4.78, 5) is 47.5. The molecule has 2 heterocycles. The summed E-state index contributed by atoms with van der Waals surface area (Å²) in [5.74, 6) is -1.64. The number of esters is 1. The van der Waals surface area contributed by atoms with Crippen molar-refractivity contribution in [1.82, 2.24) is 4.57 Å². The topological polar surface area (TPSA) is 94.5 Å². The molecule has 2 aromatic rings. The molecule has 0 unspecified atom stereocenters. The minimum absolute atomic E-state index is 0.110. The number of Topliss-reactive ketones (excluding diaryl/α,β-unsaturated/α-hetero) is 2. The molecule has 1 amide bonds. The van der Waals surface area contributed by atoms with Crippen LogP contribution in [0, 0.1) is 0 Å². The Morgan fingerprint density at radius 2 is 1.92 bits per heavy atom. The summed E-state index contributed by atoms with van der Waals surface area (Å²) in [6.45, 7) is 2.74. The lowest BCUT2D eigenvalue weighted by Gasteiger charge is -2.07. The molecule has 1 aliphatic rings. The number of ketones is 2. The van der Waals surface area contributed by atoms with Gasteiger partial charge in [0.15, 0.2) is 18.2 Å². The first kappa shape index (κ1) is 17.6. The third kappa shape index (κ3) is 3.15. The molecule has 0 saturated carbocycles. The molecule has 7 heteroatoms. The van der Waals surface area contributed by atoms with Crippen molar-refractivity contribution in [1.29, 1.82) is 0 Å². The fourth-order valence-electron chi connectivity index (χ4n) is 2.84. The number of aryl methyl sites for hydroxylation is 1. The lowest BCUT2D eigenvalue weighted by atomic mass is 9.99. The summed E-state index contributed by atoms with van der Waals surface area (Å²) in [5.41, 5.74) is 2.41. The van der Waals surface area contributed by atoms with Gasteiger partial charge in [-0.05, 0) is 43.7 Å². The first-order chi connectivity index (χ1) is 12.3. The van der Waals surface area contributed by atoms with Gasteiger partial charge in [-0.25, -0.2) is 4.79 Å². The van der Waals surface area contributed by atoms with Crippen LogP contribution >= 0.6 is 0 Å².